The van der Waals surface area contributed by atoms with Crippen LogP contribution in [-0.2, 0) is 17.6 Å². The van der Waals surface area contributed by atoms with Crippen molar-refractivity contribution in [1.29, 1.82) is 0 Å². The summed E-state index contributed by atoms with van der Waals surface area (Å²) in [5.41, 5.74) is 2.91. The number of fused-ring (bicyclic) bond motifs is 3. The minimum atomic E-state index is -0.346. The Hall–Kier alpha value is -3.81. The first-order valence-electron chi connectivity index (χ1n) is 11.1. The van der Waals surface area contributed by atoms with Gasteiger partial charge < -0.3 is 15.1 Å². The molecule has 1 saturated heterocycles. The molecule has 0 bridgehead atoms. The Bertz CT molecular complexity index is 1200. The van der Waals surface area contributed by atoms with E-state index < -0.39 is 0 Å². The molecule has 0 saturated carbocycles. The van der Waals surface area contributed by atoms with Crippen LogP contribution >= 0.6 is 0 Å². The van der Waals surface area contributed by atoms with Crippen LogP contribution in [0.2, 0.25) is 0 Å². The van der Waals surface area contributed by atoms with E-state index in [0.29, 0.717) is 17.7 Å². The number of hydrogen-bond donors (Lipinski definition) is 1. The highest BCUT2D eigenvalue weighted by atomic mass is 19.1. The fraction of sp³-hybridized carbons (Fsp3) is 0.280. The smallest absolute Gasteiger partial charge is 0.255 e. The number of aryl methyl sites for hydroxylation is 2. The predicted octanol–water partition coefficient (Wildman–Crippen LogP) is 3.60. The fourth-order valence-electron chi connectivity index (χ4n) is 4.40. The summed E-state index contributed by atoms with van der Waals surface area (Å²) < 4.78 is 13.0. The summed E-state index contributed by atoms with van der Waals surface area (Å²) in [5, 5.41) is 2.76. The number of aromatic nitrogens is 2. The maximum atomic E-state index is 13.0. The Labute approximate surface area is 191 Å². The van der Waals surface area contributed by atoms with Gasteiger partial charge in [0.25, 0.3) is 5.91 Å². The van der Waals surface area contributed by atoms with E-state index in [-0.39, 0.29) is 23.7 Å². The third kappa shape index (κ3) is 4.16. The number of amides is 2. The van der Waals surface area contributed by atoms with Crippen LogP contribution in [0.4, 0.5) is 21.6 Å². The molecule has 0 spiro atoms. The van der Waals surface area contributed by atoms with Crippen LogP contribution in [0.1, 0.15) is 34.6 Å². The van der Waals surface area contributed by atoms with Crippen molar-refractivity contribution in [2.45, 2.75) is 31.7 Å². The number of carbonyl (C=O) groups excluding carboxylic acids is 2. The summed E-state index contributed by atoms with van der Waals surface area (Å²) >= 11 is 0. The maximum absolute atomic E-state index is 13.0. The Morgan fingerprint density at radius 3 is 2.64 bits per heavy atom. The normalized spacial score (nSPS) is 17.0. The standard InChI is InChI=1S/C25H24FN5O2/c1-30-21-15-27-22(29-23(21)31-14-2-3-20(31)25(30)33)13-6-16-4-7-17(8-5-16)24(32)28-19-11-9-18(26)10-12-19/h4-5,7-12,15,20H,2-3,6,13-14H2,1H3,(H,28,32)/t20-/m1/s1. The summed E-state index contributed by atoms with van der Waals surface area (Å²) in [5.74, 6) is 1.10. The minimum absolute atomic E-state index is 0.111. The van der Waals surface area contributed by atoms with Crippen molar-refractivity contribution in [2.75, 3.05) is 28.7 Å². The number of nitrogens with zero attached hydrogens (tertiary/aromatic N) is 4. The van der Waals surface area contributed by atoms with E-state index >= 15 is 0 Å². The quantitative estimate of drug-likeness (QED) is 0.649. The van der Waals surface area contributed by atoms with Gasteiger partial charge in [0.1, 0.15) is 23.4 Å². The Balaban J connectivity index is 1.24. The molecule has 8 heteroatoms. The highest BCUT2D eigenvalue weighted by Gasteiger charge is 2.40. The molecule has 0 radical (unpaired) electrons. The third-order valence-corrected chi connectivity index (χ3v) is 6.26. The SMILES string of the molecule is CN1C(=O)[C@H]2CCCN2c2nc(CCc3ccc(C(=O)Nc4ccc(F)cc4)cc3)ncc21. The number of likely N-dealkylation sites (N-methyl/N-ethyl adjacent to an activating group) is 1. The Kier molecular flexibility index (Phi) is 5.50. The van der Waals surface area contributed by atoms with Gasteiger partial charge in [-0.1, -0.05) is 12.1 Å². The molecular weight excluding hydrogens is 421 g/mol. The van der Waals surface area contributed by atoms with E-state index in [4.69, 9.17) is 4.98 Å². The molecular formula is C25H24FN5O2. The van der Waals surface area contributed by atoms with Crippen molar-refractivity contribution in [3.05, 3.63) is 77.5 Å². The zero-order valence-electron chi connectivity index (χ0n) is 18.3. The van der Waals surface area contributed by atoms with Gasteiger partial charge in [0.05, 0.1) is 6.20 Å². The van der Waals surface area contributed by atoms with Gasteiger partial charge in [-0.25, -0.2) is 14.4 Å². The average molecular weight is 445 g/mol. The summed E-state index contributed by atoms with van der Waals surface area (Å²) in [4.78, 5) is 38.0. The molecule has 2 amide bonds. The molecule has 1 aromatic heterocycles. The number of carbonyl (C=O) groups is 2. The van der Waals surface area contributed by atoms with Crippen molar-refractivity contribution in [3.63, 3.8) is 0 Å². The maximum Gasteiger partial charge on any atom is 0.255 e. The van der Waals surface area contributed by atoms with Gasteiger partial charge in [-0.05, 0) is 61.2 Å². The van der Waals surface area contributed by atoms with E-state index in [9.17, 15) is 14.0 Å². The molecule has 168 valence electrons. The Morgan fingerprint density at radius 1 is 1.12 bits per heavy atom. The van der Waals surface area contributed by atoms with Gasteiger partial charge >= 0.3 is 0 Å². The van der Waals surface area contributed by atoms with E-state index in [2.05, 4.69) is 15.2 Å². The molecule has 5 rings (SSSR count). The number of nitrogens with one attached hydrogen (secondary N) is 1. The van der Waals surface area contributed by atoms with Crippen LogP contribution in [0, 0.1) is 5.82 Å². The van der Waals surface area contributed by atoms with Crippen LogP contribution in [0.3, 0.4) is 0 Å². The van der Waals surface area contributed by atoms with Gasteiger partial charge in [-0.2, -0.15) is 0 Å². The number of hydrogen-bond acceptors (Lipinski definition) is 5. The number of benzene rings is 2. The highest BCUT2D eigenvalue weighted by Crippen LogP contribution is 2.37. The van der Waals surface area contributed by atoms with Gasteiger partial charge in [-0.15, -0.1) is 0 Å². The second-order valence-electron chi connectivity index (χ2n) is 8.40. The lowest BCUT2D eigenvalue weighted by Gasteiger charge is -2.36. The van der Waals surface area contributed by atoms with E-state index in [1.807, 2.05) is 12.1 Å². The molecule has 0 aliphatic carbocycles. The molecule has 2 aliphatic heterocycles. The number of halogens is 1. The largest absolute Gasteiger partial charge is 0.343 e. The first-order valence-corrected chi connectivity index (χ1v) is 11.1. The predicted molar refractivity (Wildman–Crippen MR) is 124 cm³/mol. The lowest BCUT2D eigenvalue weighted by molar-refractivity contribution is -0.119. The molecule has 0 unspecified atom stereocenters. The summed E-state index contributed by atoms with van der Waals surface area (Å²) in [6, 6.07) is 12.9. The van der Waals surface area contributed by atoms with Gasteiger partial charge in [-0.3, -0.25) is 9.59 Å². The molecule has 7 nitrogen and oxygen atoms in total. The number of rotatable bonds is 5. The zero-order chi connectivity index (χ0) is 22.9. The first kappa shape index (κ1) is 21.1. The molecule has 3 heterocycles. The second kappa shape index (κ2) is 8.61. The molecule has 2 aliphatic rings. The van der Waals surface area contributed by atoms with Crippen LogP contribution in [0.25, 0.3) is 0 Å². The molecule has 3 aromatic rings. The minimum Gasteiger partial charge on any atom is -0.343 e. The van der Waals surface area contributed by atoms with Gasteiger partial charge in [0.15, 0.2) is 5.82 Å². The van der Waals surface area contributed by atoms with Crippen LogP contribution in [-0.4, -0.2) is 41.4 Å². The highest BCUT2D eigenvalue weighted by molar-refractivity contribution is 6.05. The van der Waals surface area contributed by atoms with Crippen molar-refractivity contribution in [3.8, 4) is 0 Å². The van der Waals surface area contributed by atoms with Crippen LogP contribution in [0.5, 0.6) is 0 Å². The Morgan fingerprint density at radius 2 is 1.88 bits per heavy atom. The average Bonchev–Trinajstić information content (AvgIpc) is 3.33. The molecule has 2 aromatic carbocycles. The molecule has 1 atom stereocenters. The van der Waals surface area contributed by atoms with Gasteiger partial charge in [0.2, 0.25) is 5.91 Å². The lowest BCUT2D eigenvalue weighted by atomic mass is 10.1. The van der Waals surface area contributed by atoms with E-state index in [1.165, 1.54) is 24.3 Å². The van der Waals surface area contributed by atoms with Crippen molar-refractivity contribution >= 4 is 29.0 Å². The monoisotopic (exact) mass is 445 g/mol. The topological polar surface area (TPSA) is 78.4 Å². The first-order chi connectivity index (χ1) is 16.0. The van der Waals surface area contributed by atoms with Crippen molar-refractivity contribution in [1.82, 2.24) is 9.97 Å². The fourth-order valence-corrected chi connectivity index (χ4v) is 4.40. The van der Waals surface area contributed by atoms with E-state index in [0.717, 1.165) is 48.7 Å². The van der Waals surface area contributed by atoms with Gasteiger partial charge in [0, 0.05) is 31.3 Å². The zero-order valence-corrected chi connectivity index (χ0v) is 18.3. The third-order valence-electron chi connectivity index (χ3n) is 6.26. The number of anilines is 3. The molecule has 1 fully saturated rings. The summed E-state index contributed by atoms with van der Waals surface area (Å²) in [6.45, 7) is 0.842. The summed E-state index contributed by atoms with van der Waals surface area (Å²) in [6.07, 6.45) is 4.99. The van der Waals surface area contributed by atoms with Crippen molar-refractivity contribution < 1.29 is 14.0 Å². The van der Waals surface area contributed by atoms with Crippen LogP contribution < -0.4 is 15.1 Å². The van der Waals surface area contributed by atoms with Crippen LogP contribution in [0.15, 0.2) is 54.7 Å². The second-order valence-corrected chi connectivity index (χ2v) is 8.40. The molecule has 1 N–H and O–H groups in total. The molecule has 33 heavy (non-hydrogen) atoms. The summed E-state index contributed by atoms with van der Waals surface area (Å²) in [7, 11) is 1.79. The lowest BCUT2D eigenvalue weighted by Crippen LogP contribution is -2.49. The van der Waals surface area contributed by atoms with E-state index in [1.54, 1.807) is 30.3 Å². The van der Waals surface area contributed by atoms with Crippen molar-refractivity contribution in [2.24, 2.45) is 0 Å².